The topological polar surface area (TPSA) is 65.4 Å². The van der Waals surface area contributed by atoms with Gasteiger partial charge in [-0.15, -0.1) is 0 Å². The van der Waals surface area contributed by atoms with E-state index in [-0.39, 0.29) is 11.4 Å². The van der Waals surface area contributed by atoms with Crippen LogP contribution in [0, 0.1) is 0 Å². The predicted molar refractivity (Wildman–Crippen MR) is 120 cm³/mol. The molecule has 0 aliphatic carbocycles. The predicted octanol–water partition coefficient (Wildman–Crippen LogP) is 4.41. The van der Waals surface area contributed by atoms with Crippen molar-refractivity contribution in [3.8, 4) is 22.3 Å². The van der Waals surface area contributed by atoms with E-state index in [1.165, 1.54) is 0 Å². The van der Waals surface area contributed by atoms with Gasteiger partial charge >= 0.3 is 5.97 Å². The van der Waals surface area contributed by atoms with Crippen molar-refractivity contribution in [3.63, 3.8) is 0 Å². The van der Waals surface area contributed by atoms with Gasteiger partial charge in [-0.3, -0.25) is 9.00 Å². The summed E-state index contributed by atoms with van der Waals surface area (Å²) in [6.07, 6.45) is 4.31. The first-order valence-corrected chi connectivity index (χ1v) is 11.2. The van der Waals surface area contributed by atoms with Crippen LogP contribution >= 0.6 is 0 Å². The lowest BCUT2D eigenvalue weighted by atomic mass is 10.00. The van der Waals surface area contributed by atoms with Crippen LogP contribution in [0.3, 0.4) is 0 Å². The molecular weight excluding hydrogens is 398 g/mol. The zero-order valence-electron chi connectivity index (χ0n) is 17.4. The highest BCUT2D eigenvalue weighted by atomic mass is 32.2. The molecule has 1 unspecified atom stereocenters. The highest BCUT2D eigenvalue weighted by Crippen LogP contribution is 2.23. The molecule has 0 aliphatic rings. The van der Waals surface area contributed by atoms with Crippen molar-refractivity contribution in [1.29, 1.82) is 0 Å². The van der Waals surface area contributed by atoms with Crippen molar-refractivity contribution in [2.45, 2.75) is 25.2 Å². The summed E-state index contributed by atoms with van der Waals surface area (Å²) in [7, 11) is 0.768. The average Bonchev–Trinajstić information content (AvgIpc) is 2.78. The van der Waals surface area contributed by atoms with E-state index in [9.17, 15) is 13.8 Å². The maximum Gasteiger partial charge on any atom is 0.338 e. The molecular formula is C24H25NO4S. The Morgan fingerprint density at radius 1 is 1.00 bits per heavy atom. The number of carbonyl (C=O) groups excluding carboxylic acids is 1. The molecule has 3 rings (SSSR count). The summed E-state index contributed by atoms with van der Waals surface area (Å²) in [5.41, 5.74) is 2.86. The third-order valence-corrected chi connectivity index (χ3v) is 6.00. The Bertz CT molecular complexity index is 1130. The van der Waals surface area contributed by atoms with Crippen molar-refractivity contribution in [3.05, 3.63) is 76.7 Å². The number of ether oxygens (including phenoxy) is 1. The van der Waals surface area contributed by atoms with E-state index in [0.29, 0.717) is 33.9 Å². The number of pyridine rings is 1. The molecule has 1 aromatic heterocycles. The summed E-state index contributed by atoms with van der Waals surface area (Å²) in [5, 5.41) is 0. The van der Waals surface area contributed by atoms with Gasteiger partial charge in [-0.1, -0.05) is 38.1 Å². The summed E-state index contributed by atoms with van der Waals surface area (Å²) >= 11 is 0. The lowest BCUT2D eigenvalue weighted by Gasteiger charge is -2.11. The monoisotopic (exact) mass is 423 g/mol. The number of benzene rings is 2. The molecule has 0 bridgehead atoms. The number of aryl methyl sites for hydroxylation is 1. The molecule has 6 heteroatoms. The maximum atomic E-state index is 13.3. The normalized spacial score (nSPS) is 11.8. The van der Waals surface area contributed by atoms with Gasteiger partial charge in [0, 0.05) is 41.2 Å². The van der Waals surface area contributed by atoms with Crippen molar-refractivity contribution in [2.24, 2.45) is 7.05 Å². The summed E-state index contributed by atoms with van der Waals surface area (Å²) in [4.78, 5) is 26.0. The minimum atomic E-state index is -1.09. The van der Waals surface area contributed by atoms with Crippen LogP contribution in [0.2, 0.25) is 0 Å². The van der Waals surface area contributed by atoms with Crippen LogP contribution in [0.5, 0.6) is 0 Å². The zero-order valence-corrected chi connectivity index (χ0v) is 18.2. The zero-order chi connectivity index (χ0) is 21.7. The lowest BCUT2D eigenvalue weighted by Crippen LogP contribution is -2.12. The van der Waals surface area contributed by atoms with Crippen LogP contribution < -0.4 is 5.43 Å². The quantitative estimate of drug-likeness (QED) is 0.528. The van der Waals surface area contributed by atoms with Gasteiger partial charge in [0.15, 0.2) is 5.43 Å². The standard InChI is InChI=1S/C24H25NO4S/c1-4-13-29-24(27)18-11-9-17(10-12-18)21-15-25(3)16-22(23(21)26)19-7-6-8-20(14-19)30(28)5-2/h6-12,14-16H,4-5,13H2,1-3H3. The van der Waals surface area contributed by atoms with Crippen LogP contribution in [0.1, 0.15) is 30.6 Å². The molecule has 5 nitrogen and oxygen atoms in total. The van der Waals surface area contributed by atoms with E-state index in [1.54, 1.807) is 36.7 Å². The van der Waals surface area contributed by atoms with Crippen molar-refractivity contribution >= 4 is 16.8 Å². The number of hydrogen-bond donors (Lipinski definition) is 0. The first kappa shape index (κ1) is 21.7. The lowest BCUT2D eigenvalue weighted by molar-refractivity contribution is 0.0505. The van der Waals surface area contributed by atoms with Crippen LogP contribution in [-0.4, -0.2) is 27.1 Å². The SMILES string of the molecule is CCCOC(=O)c1ccc(-c2cn(C)cc(-c3cccc(S(=O)CC)c3)c2=O)cc1. The van der Waals surface area contributed by atoms with Gasteiger partial charge in [0.2, 0.25) is 0 Å². The smallest absolute Gasteiger partial charge is 0.338 e. The van der Waals surface area contributed by atoms with Gasteiger partial charge in [0.25, 0.3) is 0 Å². The molecule has 2 aromatic carbocycles. The Kier molecular flexibility index (Phi) is 7.00. The molecule has 0 saturated carbocycles. The number of rotatable bonds is 7. The number of carbonyl (C=O) groups is 1. The molecule has 156 valence electrons. The number of nitrogens with zero attached hydrogens (tertiary/aromatic N) is 1. The fourth-order valence-electron chi connectivity index (χ4n) is 3.15. The van der Waals surface area contributed by atoms with Gasteiger partial charge in [0.05, 0.1) is 23.0 Å². The summed E-state index contributed by atoms with van der Waals surface area (Å²) in [6, 6.07) is 14.2. The Morgan fingerprint density at radius 3 is 2.30 bits per heavy atom. The fraction of sp³-hybridized carbons (Fsp3) is 0.250. The van der Waals surface area contributed by atoms with E-state index < -0.39 is 10.8 Å². The van der Waals surface area contributed by atoms with E-state index in [1.807, 2.05) is 49.7 Å². The van der Waals surface area contributed by atoms with E-state index in [0.717, 1.165) is 17.5 Å². The van der Waals surface area contributed by atoms with E-state index >= 15 is 0 Å². The second-order valence-electron chi connectivity index (χ2n) is 6.96. The van der Waals surface area contributed by atoms with E-state index in [2.05, 4.69) is 0 Å². The minimum Gasteiger partial charge on any atom is -0.462 e. The van der Waals surface area contributed by atoms with Crippen molar-refractivity contribution in [1.82, 2.24) is 4.57 Å². The molecule has 0 aliphatic heterocycles. The van der Waals surface area contributed by atoms with Crippen molar-refractivity contribution < 1.29 is 13.7 Å². The Balaban J connectivity index is 2.01. The van der Waals surface area contributed by atoms with Gasteiger partial charge in [-0.25, -0.2) is 4.79 Å². The molecule has 3 aromatic rings. The van der Waals surface area contributed by atoms with Crippen LogP contribution in [-0.2, 0) is 22.6 Å². The molecule has 0 N–H and O–H groups in total. The molecule has 0 fully saturated rings. The second-order valence-corrected chi connectivity index (χ2v) is 8.70. The van der Waals surface area contributed by atoms with Crippen molar-refractivity contribution in [2.75, 3.05) is 12.4 Å². The molecule has 1 heterocycles. The van der Waals surface area contributed by atoms with Gasteiger partial charge < -0.3 is 9.30 Å². The molecule has 0 spiro atoms. The maximum absolute atomic E-state index is 13.3. The first-order valence-electron chi connectivity index (χ1n) is 9.91. The molecule has 1 atom stereocenters. The number of esters is 1. The third kappa shape index (κ3) is 4.76. The Hall–Kier alpha value is -2.99. The van der Waals surface area contributed by atoms with E-state index in [4.69, 9.17) is 4.74 Å². The van der Waals surface area contributed by atoms with Crippen LogP contribution in [0.15, 0.2) is 70.6 Å². The van der Waals surface area contributed by atoms with Gasteiger partial charge in [-0.2, -0.15) is 0 Å². The summed E-state index contributed by atoms with van der Waals surface area (Å²) in [5.74, 6) is 0.153. The molecule has 0 saturated heterocycles. The largest absolute Gasteiger partial charge is 0.462 e. The fourth-order valence-corrected chi connectivity index (χ4v) is 3.98. The first-order chi connectivity index (χ1) is 14.4. The van der Waals surface area contributed by atoms with Gasteiger partial charge in [-0.05, 0) is 41.8 Å². The number of aromatic nitrogens is 1. The van der Waals surface area contributed by atoms with Crippen LogP contribution in [0.25, 0.3) is 22.3 Å². The summed E-state index contributed by atoms with van der Waals surface area (Å²) < 4.78 is 19.2. The Labute approximate surface area is 178 Å². The Morgan fingerprint density at radius 2 is 1.67 bits per heavy atom. The minimum absolute atomic E-state index is 0.117. The van der Waals surface area contributed by atoms with Crippen LogP contribution in [0.4, 0.5) is 0 Å². The second kappa shape index (κ2) is 9.67. The third-order valence-electron chi connectivity index (χ3n) is 4.69. The highest BCUT2D eigenvalue weighted by Gasteiger charge is 2.13. The average molecular weight is 424 g/mol. The highest BCUT2D eigenvalue weighted by molar-refractivity contribution is 7.85. The van der Waals surface area contributed by atoms with Gasteiger partial charge in [0.1, 0.15) is 0 Å². The molecule has 0 radical (unpaired) electrons. The number of hydrogen-bond acceptors (Lipinski definition) is 4. The molecule has 0 amide bonds. The summed E-state index contributed by atoms with van der Waals surface area (Å²) in [6.45, 7) is 4.18. The molecule has 30 heavy (non-hydrogen) atoms.